The van der Waals surface area contributed by atoms with Crippen molar-refractivity contribution in [1.29, 1.82) is 0 Å². The minimum atomic E-state index is -0.891. The molecule has 2 rings (SSSR count). The number of benzene rings is 1. The SMILES string of the molecule is O=C(O)[C@H]1CC=CC[C@@H]1C(=O)NCCc1ccccc1. The van der Waals surface area contributed by atoms with Gasteiger partial charge in [0, 0.05) is 6.54 Å². The molecular weight excluding hydrogens is 254 g/mol. The predicted octanol–water partition coefficient (Wildman–Crippen LogP) is 2.01. The second-order valence-corrected chi connectivity index (χ2v) is 5.02. The van der Waals surface area contributed by atoms with Crippen molar-refractivity contribution in [1.82, 2.24) is 5.32 Å². The van der Waals surface area contributed by atoms with Crippen LogP contribution in [0.4, 0.5) is 0 Å². The Kier molecular flexibility index (Phi) is 4.93. The standard InChI is InChI=1S/C16H19NO3/c18-15(13-8-4-5-9-14(13)16(19)20)17-11-10-12-6-2-1-3-7-12/h1-7,13-14H,8-11H2,(H,17,18)(H,19,20)/t13-,14-/m0/s1. The molecule has 0 aromatic heterocycles. The van der Waals surface area contributed by atoms with Crippen LogP contribution in [0.25, 0.3) is 0 Å². The lowest BCUT2D eigenvalue weighted by molar-refractivity contribution is -0.147. The van der Waals surface area contributed by atoms with Crippen molar-refractivity contribution in [2.75, 3.05) is 6.54 Å². The van der Waals surface area contributed by atoms with Crippen LogP contribution in [0.1, 0.15) is 18.4 Å². The number of aliphatic carboxylic acids is 1. The summed E-state index contributed by atoms with van der Waals surface area (Å²) < 4.78 is 0. The van der Waals surface area contributed by atoms with E-state index >= 15 is 0 Å². The van der Waals surface area contributed by atoms with Crippen molar-refractivity contribution < 1.29 is 14.7 Å². The van der Waals surface area contributed by atoms with Crippen molar-refractivity contribution >= 4 is 11.9 Å². The maximum atomic E-state index is 12.1. The van der Waals surface area contributed by atoms with E-state index in [1.165, 1.54) is 0 Å². The van der Waals surface area contributed by atoms with Gasteiger partial charge < -0.3 is 10.4 Å². The summed E-state index contributed by atoms with van der Waals surface area (Å²) >= 11 is 0. The normalized spacial score (nSPS) is 21.4. The minimum absolute atomic E-state index is 0.155. The zero-order valence-corrected chi connectivity index (χ0v) is 11.3. The van der Waals surface area contributed by atoms with E-state index in [1.54, 1.807) is 0 Å². The van der Waals surface area contributed by atoms with Gasteiger partial charge in [-0.05, 0) is 24.8 Å². The van der Waals surface area contributed by atoms with Crippen LogP contribution >= 0.6 is 0 Å². The number of rotatable bonds is 5. The highest BCUT2D eigenvalue weighted by molar-refractivity contribution is 5.85. The number of hydrogen-bond acceptors (Lipinski definition) is 2. The highest BCUT2D eigenvalue weighted by Gasteiger charge is 2.33. The Balaban J connectivity index is 1.85. The van der Waals surface area contributed by atoms with Gasteiger partial charge >= 0.3 is 5.97 Å². The van der Waals surface area contributed by atoms with Gasteiger partial charge in [0.05, 0.1) is 11.8 Å². The third-order valence-corrected chi connectivity index (χ3v) is 3.64. The first-order chi connectivity index (χ1) is 9.68. The van der Waals surface area contributed by atoms with Crippen molar-refractivity contribution in [2.24, 2.45) is 11.8 Å². The maximum Gasteiger partial charge on any atom is 0.307 e. The summed E-state index contributed by atoms with van der Waals surface area (Å²) in [6.45, 7) is 0.537. The molecule has 1 aliphatic carbocycles. The number of carboxylic acids is 1. The van der Waals surface area contributed by atoms with E-state index in [2.05, 4.69) is 5.32 Å². The highest BCUT2D eigenvalue weighted by atomic mass is 16.4. The summed E-state index contributed by atoms with van der Waals surface area (Å²) in [5, 5.41) is 12.0. The van der Waals surface area contributed by atoms with Gasteiger partial charge in [-0.15, -0.1) is 0 Å². The van der Waals surface area contributed by atoms with Crippen LogP contribution in [-0.2, 0) is 16.0 Å². The summed E-state index contributed by atoms with van der Waals surface area (Å²) in [7, 11) is 0. The smallest absolute Gasteiger partial charge is 0.307 e. The molecule has 0 spiro atoms. The van der Waals surface area contributed by atoms with Crippen LogP contribution in [0.3, 0.4) is 0 Å². The fourth-order valence-electron chi connectivity index (χ4n) is 2.48. The van der Waals surface area contributed by atoms with Gasteiger partial charge in [-0.25, -0.2) is 0 Å². The first kappa shape index (κ1) is 14.3. The molecule has 1 amide bonds. The lowest BCUT2D eigenvalue weighted by atomic mass is 9.82. The third kappa shape index (κ3) is 3.70. The Labute approximate surface area is 118 Å². The molecule has 1 aliphatic rings. The summed E-state index contributed by atoms with van der Waals surface area (Å²) in [6.07, 6.45) is 5.43. The van der Waals surface area contributed by atoms with Crippen LogP contribution in [0.2, 0.25) is 0 Å². The Morgan fingerprint density at radius 3 is 2.40 bits per heavy atom. The molecule has 0 heterocycles. The summed E-state index contributed by atoms with van der Waals surface area (Å²) in [5.41, 5.74) is 1.16. The quantitative estimate of drug-likeness (QED) is 0.806. The van der Waals surface area contributed by atoms with Gasteiger partial charge in [-0.3, -0.25) is 9.59 Å². The monoisotopic (exact) mass is 273 g/mol. The van der Waals surface area contributed by atoms with Gasteiger partial charge in [0.2, 0.25) is 5.91 Å². The second kappa shape index (κ2) is 6.89. The molecule has 0 fully saturated rings. The average Bonchev–Trinajstić information content (AvgIpc) is 2.48. The van der Waals surface area contributed by atoms with E-state index < -0.39 is 17.8 Å². The number of carbonyl (C=O) groups excluding carboxylic acids is 1. The van der Waals surface area contributed by atoms with Crippen LogP contribution in [-0.4, -0.2) is 23.5 Å². The second-order valence-electron chi connectivity index (χ2n) is 5.02. The average molecular weight is 273 g/mol. The maximum absolute atomic E-state index is 12.1. The molecule has 1 aromatic rings. The molecule has 0 bridgehead atoms. The molecule has 0 unspecified atom stereocenters. The first-order valence-electron chi connectivity index (χ1n) is 6.88. The molecule has 0 aliphatic heterocycles. The fraction of sp³-hybridized carbons (Fsp3) is 0.375. The third-order valence-electron chi connectivity index (χ3n) is 3.64. The predicted molar refractivity (Wildman–Crippen MR) is 76.1 cm³/mol. The minimum Gasteiger partial charge on any atom is -0.481 e. The zero-order chi connectivity index (χ0) is 14.4. The van der Waals surface area contributed by atoms with Gasteiger partial charge in [-0.1, -0.05) is 42.5 Å². The van der Waals surface area contributed by atoms with Crippen molar-refractivity contribution in [3.63, 3.8) is 0 Å². The summed E-state index contributed by atoms with van der Waals surface area (Å²) in [5.74, 6) is -2.10. The molecule has 2 atom stereocenters. The highest BCUT2D eigenvalue weighted by Crippen LogP contribution is 2.25. The van der Waals surface area contributed by atoms with E-state index in [0.717, 1.165) is 12.0 Å². The van der Waals surface area contributed by atoms with Crippen LogP contribution in [0, 0.1) is 11.8 Å². The Morgan fingerprint density at radius 1 is 1.10 bits per heavy atom. The molecule has 106 valence electrons. The van der Waals surface area contributed by atoms with Crippen molar-refractivity contribution in [3.8, 4) is 0 Å². The Morgan fingerprint density at radius 2 is 1.75 bits per heavy atom. The topological polar surface area (TPSA) is 66.4 Å². The molecule has 0 radical (unpaired) electrons. The van der Waals surface area contributed by atoms with Crippen LogP contribution in [0.5, 0.6) is 0 Å². The Hall–Kier alpha value is -2.10. The number of nitrogens with one attached hydrogen (secondary N) is 1. The van der Waals surface area contributed by atoms with Crippen molar-refractivity contribution in [3.05, 3.63) is 48.0 Å². The molecule has 2 N–H and O–H groups in total. The van der Waals surface area contributed by atoms with E-state index in [9.17, 15) is 9.59 Å². The fourth-order valence-corrected chi connectivity index (χ4v) is 2.48. The molecule has 20 heavy (non-hydrogen) atoms. The lowest BCUT2D eigenvalue weighted by Crippen LogP contribution is -2.39. The van der Waals surface area contributed by atoms with E-state index in [-0.39, 0.29) is 5.91 Å². The van der Waals surface area contributed by atoms with E-state index in [1.807, 2.05) is 42.5 Å². The molecule has 0 saturated heterocycles. The van der Waals surface area contributed by atoms with Gasteiger partial charge in [0.15, 0.2) is 0 Å². The summed E-state index contributed by atoms with van der Waals surface area (Å²) in [4.78, 5) is 23.2. The van der Waals surface area contributed by atoms with Gasteiger partial charge in [0.25, 0.3) is 0 Å². The summed E-state index contributed by atoms with van der Waals surface area (Å²) in [6, 6.07) is 9.89. The number of amides is 1. The number of carbonyl (C=O) groups is 2. The largest absolute Gasteiger partial charge is 0.481 e. The van der Waals surface area contributed by atoms with Gasteiger partial charge in [-0.2, -0.15) is 0 Å². The number of allylic oxidation sites excluding steroid dienone is 2. The lowest BCUT2D eigenvalue weighted by Gasteiger charge is -2.24. The van der Waals surface area contributed by atoms with E-state index in [0.29, 0.717) is 19.4 Å². The molecule has 0 saturated carbocycles. The first-order valence-corrected chi connectivity index (χ1v) is 6.88. The molecule has 1 aromatic carbocycles. The van der Waals surface area contributed by atoms with Crippen LogP contribution < -0.4 is 5.32 Å². The molecule has 4 heteroatoms. The number of hydrogen-bond donors (Lipinski definition) is 2. The molecule has 4 nitrogen and oxygen atoms in total. The van der Waals surface area contributed by atoms with Gasteiger partial charge in [0.1, 0.15) is 0 Å². The van der Waals surface area contributed by atoms with E-state index in [4.69, 9.17) is 5.11 Å². The molecular formula is C16H19NO3. The van der Waals surface area contributed by atoms with Crippen LogP contribution in [0.15, 0.2) is 42.5 Å². The van der Waals surface area contributed by atoms with Crippen molar-refractivity contribution in [2.45, 2.75) is 19.3 Å². The Bertz CT molecular complexity index is 496. The zero-order valence-electron chi connectivity index (χ0n) is 11.3. The number of carboxylic acid groups (broad SMARTS) is 1.